The third-order valence-corrected chi connectivity index (χ3v) is 9.91. The SMILES string of the molecule is CC(C)Oc1ccccc1[CH]=[Ru+].CC(C)c1cccc(C(C)C)c1N1[C]N(C23CC4CC(CC(C4)C2)C3)CC1.O=[N+]([O-])[O-]. The molecule has 0 aromatic heterocycles. The van der Waals surface area contributed by atoms with Gasteiger partial charge in [0.2, 0.25) is 0 Å². The molecule has 0 spiro atoms. The second-order valence-electron chi connectivity index (χ2n) is 13.7. The van der Waals surface area contributed by atoms with Gasteiger partial charge < -0.3 is 20.2 Å². The van der Waals surface area contributed by atoms with Gasteiger partial charge in [0.25, 0.3) is 0 Å². The molecule has 5 aliphatic rings. The molecule has 0 unspecified atom stereocenters. The maximum Gasteiger partial charge on any atom is 0.178 e. The van der Waals surface area contributed by atoms with Crippen LogP contribution in [0.3, 0.4) is 0 Å². The third kappa shape index (κ3) is 8.25. The van der Waals surface area contributed by atoms with E-state index in [1.54, 1.807) is 0 Å². The summed E-state index contributed by atoms with van der Waals surface area (Å²) in [4.78, 5) is 13.4. The van der Waals surface area contributed by atoms with Crippen molar-refractivity contribution in [3.63, 3.8) is 0 Å². The second kappa shape index (κ2) is 14.6. The number of hydrogen-bond acceptors (Lipinski definition) is 6. The van der Waals surface area contributed by atoms with Gasteiger partial charge in [-0.25, -0.2) is 0 Å². The predicted molar refractivity (Wildman–Crippen MR) is 171 cm³/mol. The monoisotopic (exact) mass is 676 g/mol. The van der Waals surface area contributed by atoms with Crippen molar-refractivity contribution in [2.75, 3.05) is 18.0 Å². The van der Waals surface area contributed by atoms with Crippen molar-refractivity contribution in [2.24, 2.45) is 17.8 Å². The Morgan fingerprint density at radius 1 is 0.884 bits per heavy atom. The fraction of sp³-hybridized carbons (Fsp3) is 0.600. The van der Waals surface area contributed by atoms with E-state index < -0.39 is 5.09 Å². The number of rotatable bonds is 7. The minimum Gasteiger partial charge on any atom is -0.356 e. The van der Waals surface area contributed by atoms with Gasteiger partial charge >= 0.3 is 82.7 Å². The Morgan fingerprint density at radius 2 is 1.40 bits per heavy atom. The van der Waals surface area contributed by atoms with E-state index in [-0.39, 0.29) is 6.10 Å². The summed E-state index contributed by atoms with van der Waals surface area (Å²) < 4.78 is 7.58. The van der Waals surface area contributed by atoms with Gasteiger partial charge in [-0.1, -0.05) is 45.9 Å². The van der Waals surface area contributed by atoms with E-state index in [0.717, 1.165) is 42.2 Å². The van der Waals surface area contributed by atoms with Crippen LogP contribution in [-0.4, -0.2) is 39.3 Å². The standard InChI is InChI=1S/C25H36N2.C10H12O.NO3.Ru/c1-17(2)22-6-5-7-23(18(3)4)24(22)26-8-9-27(16-26)25-13-19-10-20(14-25)12-21(11-19)15-25;1-8(2)11-10-7-5-4-6-9(10)3;2-1(3)4;/h5-7,17-21H,8-15H2,1-4H3;3-8H,1-2H3;;/q;;-1;+1. The number of benzene rings is 2. The number of para-hydroxylation sites is 2. The van der Waals surface area contributed by atoms with E-state index in [1.807, 2.05) is 42.7 Å². The summed E-state index contributed by atoms with van der Waals surface area (Å²) in [6.45, 7) is 19.6. The molecule has 4 saturated carbocycles. The maximum atomic E-state index is 8.25. The zero-order valence-corrected chi connectivity index (χ0v) is 28.3. The van der Waals surface area contributed by atoms with Crippen LogP contribution in [-0.2, 0) is 17.9 Å². The summed E-state index contributed by atoms with van der Waals surface area (Å²) in [6, 6.07) is 14.9. The summed E-state index contributed by atoms with van der Waals surface area (Å²) in [7, 11) is 0. The van der Waals surface area contributed by atoms with Gasteiger partial charge in [-0.15, -0.1) is 0 Å². The third-order valence-electron chi connectivity index (χ3n) is 9.37. The van der Waals surface area contributed by atoms with E-state index in [2.05, 4.69) is 80.2 Å². The molecule has 2 aromatic rings. The average Bonchev–Trinajstić information content (AvgIpc) is 3.43. The van der Waals surface area contributed by atoms with Crippen molar-refractivity contribution < 1.29 is 27.7 Å². The van der Waals surface area contributed by atoms with E-state index >= 15 is 0 Å². The Morgan fingerprint density at radius 3 is 1.86 bits per heavy atom. The minimum absolute atomic E-state index is 0.234. The quantitative estimate of drug-likeness (QED) is 0.168. The summed E-state index contributed by atoms with van der Waals surface area (Å²) in [6.07, 6.45) is 9.09. The van der Waals surface area contributed by atoms with Gasteiger partial charge in [0, 0.05) is 24.3 Å². The number of anilines is 1. The number of nitrogens with zero attached hydrogens (tertiary/aromatic N) is 3. The van der Waals surface area contributed by atoms with Gasteiger partial charge in [0.15, 0.2) is 6.67 Å². The molecule has 8 heteroatoms. The minimum atomic E-state index is -1.75. The Hall–Kier alpha value is -2.31. The molecule has 4 bridgehead atoms. The second-order valence-corrected chi connectivity index (χ2v) is 14.2. The Kier molecular flexibility index (Phi) is 11.4. The zero-order chi connectivity index (χ0) is 31.3. The molecular formula is C35H48N3O4Ru. The predicted octanol–water partition coefficient (Wildman–Crippen LogP) is 7.95. The van der Waals surface area contributed by atoms with Crippen LogP contribution in [0.15, 0.2) is 42.5 Å². The van der Waals surface area contributed by atoms with E-state index in [1.165, 1.54) is 55.3 Å². The Labute approximate surface area is 268 Å². The topological polar surface area (TPSA) is 81.9 Å². The first-order chi connectivity index (χ1) is 20.4. The maximum absolute atomic E-state index is 8.25. The van der Waals surface area contributed by atoms with Gasteiger partial charge in [0.05, 0.1) is 5.09 Å². The fourth-order valence-electron chi connectivity index (χ4n) is 8.10. The molecule has 0 atom stereocenters. The molecule has 0 N–H and O–H groups in total. The van der Waals surface area contributed by atoms with Crippen molar-refractivity contribution in [3.8, 4) is 5.75 Å². The van der Waals surface area contributed by atoms with Gasteiger partial charge in [-0.2, -0.15) is 0 Å². The first kappa shape index (κ1) is 33.6. The van der Waals surface area contributed by atoms with Crippen LogP contribution >= 0.6 is 0 Å². The average molecular weight is 676 g/mol. The molecule has 43 heavy (non-hydrogen) atoms. The number of hydrogen-bond donors (Lipinski definition) is 0. The normalized spacial score (nSPS) is 25.8. The molecular weight excluding hydrogens is 627 g/mol. The van der Waals surface area contributed by atoms with Crippen molar-refractivity contribution in [3.05, 3.63) is 81.1 Å². The van der Waals surface area contributed by atoms with Crippen LogP contribution < -0.4 is 9.64 Å². The smallest absolute Gasteiger partial charge is 0.178 e. The molecule has 0 amide bonds. The van der Waals surface area contributed by atoms with Gasteiger partial charge in [0.1, 0.15) is 0 Å². The molecule has 4 aliphatic carbocycles. The molecule has 5 fully saturated rings. The van der Waals surface area contributed by atoms with Crippen molar-refractivity contribution in [2.45, 2.75) is 104 Å². The van der Waals surface area contributed by atoms with E-state index in [4.69, 9.17) is 20.1 Å². The van der Waals surface area contributed by atoms with Crippen molar-refractivity contribution in [1.29, 1.82) is 0 Å². The van der Waals surface area contributed by atoms with Crippen LogP contribution in [0.1, 0.15) is 109 Å². The Balaban J connectivity index is 0.000000221. The summed E-state index contributed by atoms with van der Waals surface area (Å²) in [5.74, 6) is 5.05. The molecule has 2 aromatic carbocycles. The molecule has 2 radical (unpaired) electrons. The van der Waals surface area contributed by atoms with Crippen molar-refractivity contribution in [1.82, 2.24) is 4.90 Å². The first-order valence-corrected chi connectivity index (χ1v) is 16.9. The summed E-state index contributed by atoms with van der Waals surface area (Å²) in [5, 5.41) is 14.8. The van der Waals surface area contributed by atoms with Gasteiger partial charge in [-0.05, 0) is 79.2 Å². The van der Waals surface area contributed by atoms with Gasteiger partial charge in [-0.3, -0.25) is 4.90 Å². The molecule has 7 rings (SSSR count). The fourth-order valence-corrected chi connectivity index (χ4v) is 8.51. The molecule has 1 aliphatic heterocycles. The van der Waals surface area contributed by atoms with Crippen LogP contribution in [0.5, 0.6) is 5.75 Å². The van der Waals surface area contributed by atoms with Crippen molar-refractivity contribution >= 4 is 10.3 Å². The van der Waals surface area contributed by atoms with Crippen LogP contribution in [0.25, 0.3) is 0 Å². The van der Waals surface area contributed by atoms with Crippen LogP contribution in [0.2, 0.25) is 0 Å². The molecule has 7 nitrogen and oxygen atoms in total. The first-order valence-electron chi connectivity index (χ1n) is 15.9. The van der Waals surface area contributed by atoms with E-state index in [0.29, 0.717) is 17.4 Å². The molecule has 1 saturated heterocycles. The summed E-state index contributed by atoms with van der Waals surface area (Å²) in [5.41, 5.74) is 5.99. The molecule has 1 heterocycles. The summed E-state index contributed by atoms with van der Waals surface area (Å²) >= 11 is 2.49. The Bertz CT molecular complexity index is 1180. The van der Waals surface area contributed by atoms with Crippen LogP contribution in [0.4, 0.5) is 5.69 Å². The van der Waals surface area contributed by atoms with Crippen LogP contribution in [0, 0.1) is 39.7 Å². The number of ether oxygens (including phenoxy) is 1. The molecule has 235 valence electrons. The zero-order valence-electron chi connectivity index (χ0n) is 26.6. The van der Waals surface area contributed by atoms with E-state index in [9.17, 15) is 0 Å². The largest absolute Gasteiger partial charge is 0.356 e.